The highest BCUT2D eigenvalue weighted by atomic mass is 16.6. The number of likely N-dealkylation sites (tertiary alicyclic amines) is 1. The molecule has 2 aliphatic heterocycles. The third-order valence-corrected chi connectivity index (χ3v) is 6.18. The Balaban J connectivity index is 1.47. The van der Waals surface area contributed by atoms with Gasteiger partial charge in [-0.05, 0) is 45.7 Å². The molecule has 0 aliphatic carbocycles. The number of ether oxygens (including phenoxy) is 2. The smallest absolute Gasteiger partial charge is 0.410 e. The van der Waals surface area contributed by atoms with Gasteiger partial charge in [0.2, 0.25) is 0 Å². The standard InChI is InChI=1S/C24H31N7O4/c1-24(2,3)35-23(33)30-9-7-17(8-10-30)31-22-19(27-28-31)21(29-11-13-34-14-12-29)25-20(26-22)16-5-4-6-18(32)15-16/h4-6,15,17,32H,7-14H2,1-3H3. The third-order valence-electron chi connectivity index (χ3n) is 6.18. The molecule has 2 aliphatic rings. The van der Waals surface area contributed by atoms with Gasteiger partial charge >= 0.3 is 6.09 Å². The fourth-order valence-corrected chi connectivity index (χ4v) is 4.45. The van der Waals surface area contributed by atoms with Gasteiger partial charge in [-0.15, -0.1) is 5.10 Å². The number of amides is 1. The van der Waals surface area contributed by atoms with Crippen molar-refractivity contribution in [3.05, 3.63) is 24.3 Å². The zero-order valence-electron chi connectivity index (χ0n) is 20.3. The summed E-state index contributed by atoms with van der Waals surface area (Å²) >= 11 is 0. The molecule has 2 fully saturated rings. The molecule has 3 aromatic rings. The molecular weight excluding hydrogens is 450 g/mol. The van der Waals surface area contributed by atoms with E-state index >= 15 is 0 Å². The lowest BCUT2D eigenvalue weighted by Gasteiger charge is -2.33. The Kier molecular flexibility index (Phi) is 6.18. The molecule has 0 radical (unpaired) electrons. The minimum Gasteiger partial charge on any atom is -0.508 e. The highest BCUT2D eigenvalue weighted by molar-refractivity contribution is 5.85. The van der Waals surface area contributed by atoms with E-state index in [9.17, 15) is 9.90 Å². The van der Waals surface area contributed by atoms with Crippen LogP contribution in [0.1, 0.15) is 39.7 Å². The first-order valence-electron chi connectivity index (χ1n) is 12.0. The van der Waals surface area contributed by atoms with Gasteiger partial charge in [-0.25, -0.2) is 19.4 Å². The van der Waals surface area contributed by atoms with E-state index in [-0.39, 0.29) is 17.9 Å². The van der Waals surface area contributed by atoms with E-state index in [0.717, 1.165) is 12.8 Å². The first-order valence-corrected chi connectivity index (χ1v) is 12.0. The second-order valence-corrected chi connectivity index (χ2v) is 9.93. The maximum atomic E-state index is 12.5. The third kappa shape index (κ3) is 5.00. The highest BCUT2D eigenvalue weighted by Crippen LogP contribution is 2.31. The normalized spacial score (nSPS) is 17.7. The van der Waals surface area contributed by atoms with Crippen molar-refractivity contribution in [2.24, 2.45) is 0 Å². The molecule has 0 unspecified atom stereocenters. The maximum Gasteiger partial charge on any atom is 0.410 e. The Morgan fingerprint density at radius 2 is 1.86 bits per heavy atom. The van der Waals surface area contributed by atoms with Crippen molar-refractivity contribution in [2.75, 3.05) is 44.3 Å². The van der Waals surface area contributed by atoms with Crippen LogP contribution >= 0.6 is 0 Å². The van der Waals surface area contributed by atoms with Crippen molar-refractivity contribution in [2.45, 2.75) is 45.3 Å². The monoisotopic (exact) mass is 481 g/mol. The van der Waals surface area contributed by atoms with Crippen molar-refractivity contribution >= 4 is 23.1 Å². The number of hydrogen-bond acceptors (Lipinski definition) is 9. The van der Waals surface area contributed by atoms with Crippen LogP contribution in [0.3, 0.4) is 0 Å². The molecule has 0 atom stereocenters. The van der Waals surface area contributed by atoms with Crippen LogP contribution < -0.4 is 4.90 Å². The summed E-state index contributed by atoms with van der Waals surface area (Å²) in [6.07, 6.45) is 1.15. The van der Waals surface area contributed by atoms with Crippen LogP contribution in [0.15, 0.2) is 24.3 Å². The molecule has 1 amide bonds. The second-order valence-electron chi connectivity index (χ2n) is 9.93. The molecule has 0 spiro atoms. The number of carbonyl (C=O) groups is 1. The predicted molar refractivity (Wildman–Crippen MR) is 129 cm³/mol. The van der Waals surface area contributed by atoms with E-state index in [4.69, 9.17) is 19.4 Å². The van der Waals surface area contributed by atoms with Crippen molar-refractivity contribution < 1.29 is 19.4 Å². The van der Waals surface area contributed by atoms with Gasteiger partial charge in [0.15, 0.2) is 22.8 Å². The summed E-state index contributed by atoms with van der Waals surface area (Å²) in [6, 6.07) is 6.96. The number of piperidine rings is 1. The fraction of sp³-hybridized carbons (Fsp3) is 0.542. The first-order chi connectivity index (χ1) is 16.8. The number of phenolic OH excluding ortho intramolecular Hbond substituents is 1. The van der Waals surface area contributed by atoms with Crippen LogP contribution in [0, 0.1) is 0 Å². The number of anilines is 1. The van der Waals surface area contributed by atoms with Gasteiger partial charge in [-0.3, -0.25) is 0 Å². The van der Waals surface area contributed by atoms with Gasteiger partial charge in [-0.2, -0.15) is 0 Å². The number of morpholine rings is 1. The Labute approximate surface area is 203 Å². The van der Waals surface area contributed by atoms with Crippen LogP contribution in [0.25, 0.3) is 22.6 Å². The SMILES string of the molecule is CC(C)(C)OC(=O)N1CCC(n2nnc3c(N4CCOCC4)nc(-c4cccc(O)c4)nc32)CC1. The maximum absolute atomic E-state index is 12.5. The van der Waals surface area contributed by atoms with E-state index in [1.54, 1.807) is 23.1 Å². The summed E-state index contributed by atoms with van der Waals surface area (Å²) in [7, 11) is 0. The molecule has 11 nitrogen and oxygen atoms in total. The minimum atomic E-state index is -0.523. The summed E-state index contributed by atoms with van der Waals surface area (Å²) in [4.78, 5) is 26.0. The van der Waals surface area contributed by atoms with Crippen LogP contribution in [0.4, 0.5) is 10.6 Å². The summed E-state index contributed by atoms with van der Waals surface area (Å²) in [6.45, 7) is 9.39. The molecule has 2 aromatic heterocycles. The van der Waals surface area contributed by atoms with E-state index < -0.39 is 5.60 Å². The number of fused-ring (bicyclic) bond motifs is 1. The fourth-order valence-electron chi connectivity index (χ4n) is 4.45. The summed E-state index contributed by atoms with van der Waals surface area (Å²) in [5.74, 6) is 1.37. The Hall–Kier alpha value is -3.47. The van der Waals surface area contributed by atoms with Crippen molar-refractivity contribution in [1.29, 1.82) is 0 Å². The van der Waals surface area contributed by atoms with E-state index in [2.05, 4.69) is 15.2 Å². The molecule has 0 bridgehead atoms. The average molecular weight is 482 g/mol. The number of rotatable bonds is 3. The van der Waals surface area contributed by atoms with Crippen LogP contribution in [0.2, 0.25) is 0 Å². The van der Waals surface area contributed by atoms with Gasteiger partial charge in [0.25, 0.3) is 0 Å². The zero-order chi connectivity index (χ0) is 24.6. The van der Waals surface area contributed by atoms with Crippen molar-refractivity contribution in [3.63, 3.8) is 0 Å². The Morgan fingerprint density at radius 3 is 2.54 bits per heavy atom. The molecular formula is C24H31N7O4. The molecule has 0 saturated carbocycles. The molecule has 11 heteroatoms. The minimum absolute atomic E-state index is 0.0446. The highest BCUT2D eigenvalue weighted by Gasteiger charge is 2.30. The molecule has 35 heavy (non-hydrogen) atoms. The number of nitrogens with zero attached hydrogens (tertiary/aromatic N) is 7. The van der Waals surface area contributed by atoms with Crippen molar-refractivity contribution in [1.82, 2.24) is 29.9 Å². The number of aromatic hydroxyl groups is 1. The number of benzene rings is 1. The largest absolute Gasteiger partial charge is 0.508 e. The topological polar surface area (TPSA) is 119 Å². The number of carbonyl (C=O) groups excluding carboxylic acids is 1. The van der Waals surface area contributed by atoms with E-state index in [1.807, 2.05) is 31.5 Å². The van der Waals surface area contributed by atoms with E-state index in [0.29, 0.717) is 67.8 Å². The second kappa shape index (κ2) is 9.29. The van der Waals surface area contributed by atoms with Gasteiger partial charge in [0.1, 0.15) is 11.4 Å². The lowest BCUT2D eigenvalue weighted by Crippen LogP contribution is -2.42. The van der Waals surface area contributed by atoms with Gasteiger partial charge in [0.05, 0.1) is 19.3 Å². The van der Waals surface area contributed by atoms with Gasteiger partial charge in [-0.1, -0.05) is 17.3 Å². The average Bonchev–Trinajstić information content (AvgIpc) is 3.27. The number of phenols is 1. The predicted octanol–water partition coefficient (Wildman–Crippen LogP) is 3.00. The lowest BCUT2D eigenvalue weighted by molar-refractivity contribution is 0.0185. The molecule has 5 rings (SSSR count). The van der Waals surface area contributed by atoms with Crippen LogP contribution in [-0.4, -0.2) is 86.1 Å². The number of hydrogen-bond donors (Lipinski definition) is 1. The zero-order valence-corrected chi connectivity index (χ0v) is 20.3. The van der Waals surface area contributed by atoms with Gasteiger partial charge < -0.3 is 24.4 Å². The lowest BCUT2D eigenvalue weighted by atomic mass is 10.1. The number of aromatic nitrogens is 5. The van der Waals surface area contributed by atoms with E-state index in [1.165, 1.54) is 0 Å². The molecule has 4 heterocycles. The molecule has 186 valence electrons. The first kappa shape index (κ1) is 23.3. The van der Waals surface area contributed by atoms with Gasteiger partial charge in [0, 0.05) is 31.7 Å². The Bertz CT molecular complexity index is 1210. The molecule has 2 saturated heterocycles. The molecule has 1 N–H and O–H groups in total. The van der Waals surface area contributed by atoms with Crippen molar-refractivity contribution in [3.8, 4) is 17.1 Å². The molecule has 1 aromatic carbocycles. The summed E-state index contributed by atoms with van der Waals surface area (Å²) in [5, 5.41) is 19.0. The van der Waals surface area contributed by atoms with Crippen LogP contribution in [0.5, 0.6) is 5.75 Å². The summed E-state index contributed by atoms with van der Waals surface area (Å²) < 4.78 is 12.9. The summed E-state index contributed by atoms with van der Waals surface area (Å²) in [5.41, 5.74) is 1.49. The Morgan fingerprint density at radius 1 is 1.11 bits per heavy atom. The van der Waals surface area contributed by atoms with Crippen LogP contribution in [-0.2, 0) is 9.47 Å². The quantitative estimate of drug-likeness (QED) is 0.602.